The quantitative estimate of drug-likeness (QED) is 0.628. The molecule has 92 valence electrons. The lowest BCUT2D eigenvalue weighted by Gasteiger charge is -2.07. The molecule has 2 rings (SSSR count). The molecule has 0 aliphatic carbocycles. The van der Waals surface area contributed by atoms with Crippen LogP contribution in [0.1, 0.15) is 25.6 Å². The van der Waals surface area contributed by atoms with Crippen molar-refractivity contribution in [2.75, 3.05) is 7.11 Å². The molecule has 1 aromatic heterocycles. The fraction of sp³-hybridized carbons (Fsp3) is 0.143. The highest BCUT2D eigenvalue weighted by molar-refractivity contribution is 7.12. The average molecular weight is 260 g/mol. The van der Waals surface area contributed by atoms with Gasteiger partial charge in [0.2, 0.25) is 0 Å². The summed E-state index contributed by atoms with van der Waals surface area (Å²) in [5.74, 6) is -0.376. The van der Waals surface area contributed by atoms with Gasteiger partial charge in [0.15, 0.2) is 6.29 Å². The summed E-state index contributed by atoms with van der Waals surface area (Å²) in [5, 5.41) is 1.86. The van der Waals surface area contributed by atoms with Crippen LogP contribution < -0.4 is 0 Å². The molecule has 3 nitrogen and oxygen atoms in total. The number of carbonyl (C=O) groups excluding carboxylic acids is 2. The molecule has 0 spiro atoms. The van der Waals surface area contributed by atoms with Crippen LogP contribution in [0.2, 0.25) is 0 Å². The molecule has 0 aliphatic rings. The molecule has 4 heteroatoms. The number of rotatable bonds is 3. The molecule has 1 aromatic carbocycles. The SMILES string of the molecule is COC(=O)c1ccc(C)c(-c2ccsc2C=O)c1. The Morgan fingerprint density at radius 2 is 2.06 bits per heavy atom. The number of hydrogen-bond acceptors (Lipinski definition) is 4. The molecule has 0 atom stereocenters. The maximum atomic E-state index is 11.5. The highest BCUT2D eigenvalue weighted by Gasteiger charge is 2.12. The van der Waals surface area contributed by atoms with Crippen LogP contribution in [0, 0.1) is 6.92 Å². The third kappa shape index (κ3) is 2.19. The van der Waals surface area contributed by atoms with Gasteiger partial charge in [-0.1, -0.05) is 6.07 Å². The van der Waals surface area contributed by atoms with Gasteiger partial charge in [0.05, 0.1) is 17.6 Å². The minimum absolute atomic E-state index is 0.376. The van der Waals surface area contributed by atoms with Gasteiger partial charge in [-0.25, -0.2) is 4.79 Å². The highest BCUT2D eigenvalue weighted by atomic mass is 32.1. The van der Waals surface area contributed by atoms with E-state index in [9.17, 15) is 9.59 Å². The first-order chi connectivity index (χ1) is 8.67. The predicted octanol–water partition coefficient (Wildman–Crippen LogP) is 3.32. The van der Waals surface area contributed by atoms with Crippen LogP contribution in [0.4, 0.5) is 0 Å². The van der Waals surface area contributed by atoms with E-state index in [0.717, 1.165) is 23.0 Å². The molecule has 0 saturated carbocycles. The number of aldehydes is 1. The lowest BCUT2D eigenvalue weighted by Crippen LogP contribution is -2.01. The Morgan fingerprint density at radius 3 is 2.72 bits per heavy atom. The molecule has 18 heavy (non-hydrogen) atoms. The van der Waals surface area contributed by atoms with E-state index in [0.29, 0.717) is 10.4 Å². The van der Waals surface area contributed by atoms with Crippen LogP contribution >= 0.6 is 11.3 Å². The Morgan fingerprint density at radius 1 is 1.28 bits per heavy atom. The smallest absolute Gasteiger partial charge is 0.337 e. The molecule has 0 bridgehead atoms. The van der Waals surface area contributed by atoms with Gasteiger partial charge in [-0.15, -0.1) is 11.3 Å². The lowest BCUT2D eigenvalue weighted by molar-refractivity contribution is 0.0600. The second kappa shape index (κ2) is 5.14. The molecule has 0 unspecified atom stereocenters. The normalized spacial score (nSPS) is 10.1. The highest BCUT2D eigenvalue weighted by Crippen LogP contribution is 2.30. The van der Waals surface area contributed by atoms with Crippen molar-refractivity contribution in [3.63, 3.8) is 0 Å². The van der Waals surface area contributed by atoms with E-state index < -0.39 is 0 Å². The van der Waals surface area contributed by atoms with E-state index >= 15 is 0 Å². The van der Waals surface area contributed by atoms with Crippen molar-refractivity contribution < 1.29 is 14.3 Å². The molecule has 0 radical (unpaired) electrons. The zero-order valence-electron chi connectivity index (χ0n) is 10.1. The third-order valence-electron chi connectivity index (χ3n) is 2.75. The van der Waals surface area contributed by atoms with Crippen molar-refractivity contribution in [2.45, 2.75) is 6.92 Å². The molecule has 0 saturated heterocycles. The van der Waals surface area contributed by atoms with Gasteiger partial charge in [-0.05, 0) is 41.6 Å². The van der Waals surface area contributed by atoms with E-state index in [1.165, 1.54) is 18.4 Å². The van der Waals surface area contributed by atoms with E-state index in [1.807, 2.05) is 24.4 Å². The number of aryl methyl sites for hydroxylation is 1. The summed E-state index contributed by atoms with van der Waals surface area (Å²) in [4.78, 5) is 23.1. The Hall–Kier alpha value is -1.94. The summed E-state index contributed by atoms with van der Waals surface area (Å²) < 4.78 is 4.70. The van der Waals surface area contributed by atoms with E-state index in [4.69, 9.17) is 4.74 Å². The molecular formula is C14H12O3S. The van der Waals surface area contributed by atoms with Gasteiger partial charge < -0.3 is 4.74 Å². The summed E-state index contributed by atoms with van der Waals surface area (Å²) in [6, 6.07) is 7.22. The molecular weight excluding hydrogens is 248 g/mol. The molecule has 0 fully saturated rings. The van der Waals surface area contributed by atoms with Crippen LogP contribution in [-0.2, 0) is 4.74 Å². The van der Waals surface area contributed by atoms with Crippen molar-refractivity contribution in [2.24, 2.45) is 0 Å². The number of ether oxygens (including phenoxy) is 1. The van der Waals surface area contributed by atoms with Crippen molar-refractivity contribution in [3.8, 4) is 11.1 Å². The van der Waals surface area contributed by atoms with Crippen LogP contribution in [0.3, 0.4) is 0 Å². The van der Waals surface area contributed by atoms with Crippen LogP contribution in [0.5, 0.6) is 0 Å². The molecule has 0 N–H and O–H groups in total. The zero-order valence-corrected chi connectivity index (χ0v) is 10.9. The fourth-order valence-corrected chi connectivity index (χ4v) is 2.50. The van der Waals surface area contributed by atoms with Gasteiger partial charge >= 0.3 is 5.97 Å². The number of esters is 1. The second-order valence-electron chi connectivity index (χ2n) is 3.84. The Bertz CT molecular complexity index is 599. The first-order valence-electron chi connectivity index (χ1n) is 5.39. The molecule has 1 heterocycles. The summed E-state index contributed by atoms with van der Waals surface area (Å²) in [6.07, 6.45) is 0.838. The minimum atomic E-state index is -0.376. The van der Waals surface area contributed by atoms with Crippen LogP contribution in [0.15, 0.2) is 29.6 Å². The lowest BCUT2D eigenvalue weighted by atomic mass is 9.99. The second-order valence-corrected chi connectivity index (χ2v) is 4.79. The number of thiophene rings is 1. The summed E-state index contributed by atoms with van der Waals surface area (Å²) in [6.45, 7) is 1.95. The zero-order chi connectivity index (χ0) is 13.1. The Labute approximate surface area is 109 Å². The average Bonchev–Trinajstić information content (AvgIpc) is 2.86. The van der Waals surface area contributed by atoms with Gasteiger partial charge in [-0.3, -0.25) is 4.79 Å². The van der Waals surface area contributed by atoms with Crippen molar-refractivity contribution in [3.05, 3.63) is 45.6 Å². The maximum Gasteiger partial charge on any atom is 0.337 e. The minimum Gasteiger partial charge on any atom is -0.465 e. The summed E-state index contributed by atoms with van der Waals surface area (Å²) in [7, 11) is 1.35. The number of methoxy groups -OCH3 is 1. The van der Waals surface area contributed by atoms with Crippen molar-refractivity contribution >= 4 is 23.6 Å². The van der Waals surface area contributed by atoms with E-state index in [-0.39, 0.29) is 5.97 Å². The standard InChI is InChI=1S/C14H12O3S/c1-9-3-4-10(14(16)17-2)7-12(9)11-5-6-18-13(11)8-15/h3-8H,1-2H3. The van der Waals surface area contributed by atoms with Crippen molar-refractivity contribution in [1.29, 1.82) is 0 Å². The van der Waals surface area contributed by atoms with Gasteiger partial charge in [0.1, 0.15) is 0 Å². The first-order valence-corrected chi connectivity index (χ1v) is 6.27. The largest absolute Gasteiger partial charge is 0.465 e. The van der Waals surface area contributed by atoms with E-state index in [1.54, 1.807) is 12.1 Å². The van der Waals surface area contributed by atoms with Crippen molar-refractivity contribution in [1.82, 2.24) is 0 Å². The molecule has 0 aliphatic heterocycles. The predicted molar refractivity (Wildman–Crippen MR) is 71.2 cm³/mol. The number of benzene rings is 1. The van der Waals surface area contributed by atoms with Gasteiger partial charge in [-0.2, -0.15) is 0 Å². The topological polar surface area (TPSA) is 43.4 Å². The Kier molecular flexibility index (Phi) is 3.58. The Balaban J connectivity index is 2.56. The monoisotopic (exact) mass is 260 g/mol. The number of carbonyl (C=O) groups is 2. The fourth-order valence-electron chi connectivity index (χ4n) is 1.79. The maximum absolute atomic E-state index is 11.5. The summed E-state index contributed by atoms with van der Waals surface area (Å²) >= 11 is 1.39. The van der Waals surface area contributed by atoms with Gasteiger partial charge in [0, 0.05) is 5.56 Å². The molecule has 2 aromatic rings. The summed E-state index contributed by atoms with van der Waals surface area (Å²) in [5.41, 5.74) is 3.25. The van der Waals surface area contributed by atoms with Crippen LogP contribution in [0.25, 0.3) is 11.1 Å². The number of hydrogen-bond donors (Lipinski definition) is 0. The first kappa shape index (κ1) is 12.5. The third-order valence-corrected chi connectivity index (χ3v) is 3.59. The van der Waals surface area contributed by atoms with Gasteiger partial charge in [0.25, 0.3) is 0 Å². The van der Waals surface area contributed by atoms with Crippen LogP contribution in [-0.4, -0.2) is 19.4 Å². The molecule has 0 amide bonds. The van der Waals surface area contributed by atoms with E-state index in [2.05, 4.69) is 0 Å².